The number of hydrogen-bond acceptors (Lipinski definition) is 2. The van der Waals surface area contributed by atoms with Gasteiger partial charge in [-0.2, -0.15) is 0 Å². The maximum Gasteiger partial charge on any atom is 0.328 e. The number of nitrogens with zero attached hydrogens (tertiary/aromatic N) is 2. The van der Waals surface area contributed by atoms with E-state index >= 15 is 0 Å². The van der Waals surface area contributed by atoms with Crippen LogP contribution in [0.25, 0.3) is 0 Å². The molecule has 5 heteroatoms. The summed E-state index contributed by atoms with van der Waals surface area (Å²) in [5.41, 5.74) is 6.32. The van der Waals surface area contributed by atoms with Gasteiger partial charge in [0.2, 0.25) is 0 Å². The molecule has 1 aromatic carbocycles. The summed E-state index contributed by atoms with van der Waals surface area (Å²) in [6, 6.07) is 5.09. The SMILES string of the molecule is CCCn1ccn(Cc2cccc(CN)c2F)c1=O. The highest BCUT2D eigenvalue weighted by atomic mass is 19.1. The molecule has 19 heavy (non-hydrogen) atoms. The largest absolute Gasteiger partial charge is 0.328 e. The van der Waals surface area contributed by atoms with E-state index in [1.807, 2.05) is 6.92 Å². The monoisotopic (exact) mass is 263 g/mol. The van der Waals surface area contributed by atoms with Gasteiger partial charge in [0.15, 0.2) is 0 Å². The number of nitrogens with two attached hydrogens (primary N) is 1. The van der Waals surface area contributed by atoms with Crippen LogP contribution >= 0.6 is 0 Å². The summed E-state index contributed by atoms with van der Waals surface area (Å²) >= 11 is 0. The molecule has 102 valence electrons. The van der Waals surface area contributed by atoms with Crippen molar-refractivity contribution >= 4 is 0 Å². The molecule has 2 N–H and O–H groups in total. The van der Waals surface area contributed by atoms with Gasteiger partial charge in [0.1, 0.15) is 5.82 Å². The van der Waals surface area contributed by atoms with Crippen molar-refractivity contribution in [1.82, 2.24) is 9.13 Å². The molecular weight excluding hydrogens is 245 g/mol. The van der Waals surface area contributed by atoms with Crippen molar-refractivity contribution in [3.63, 3.8) is 0 Å². The van der Waals surface area contributed by atoms with Crippen LogP contribution in [0.5, 0.6) is 0 Å². The average Bonchev–Trinajstić information content (AvgIpc) is 2.74. The zero-order valence-corrected chi connectivity index (χ0v) is 11.0. The van der Waals surface area contributed by atoms with Crippen LogP contribution in [0.15, 0.2) is 35.4 Å². The van der Waals surface area contributed by atoms with Gasteiger partial charge in [0.05, 0.1) is 6.54 Å². The van der Waals surface area contributed by atoms with Gasteiger partial charge in [-0.15, -0.1) is 0 Å². The molecule has 0 spiro atoms. The molecule has 0 aliphatic heterocycles. The van der Waals surface area contributed by atoms with Gasteiger partial charge >= 0.3 is 5.69 Å². The lowest BCUT2D eigenvalue weighted by atomic mass is 10.1. The highest BCUT2D eigenvalue weighted by Gasteiger charge is 2.09. The van der Waals surface area contributed by atoms with E-state index in [0.717, 1.165) is 6.42 Å². The molecule has 0 atom stereocenters. The molecule has 0 aliphatic carbocycles. The first-order chi connectivity index (χ1) is 9.17. The molecule has 4 nitrogen and oxygen atoms in total. The Hall–Kier alpha value is -1.88. The van der Waals surface area contributed by atoms with Crippen LogP contribution in [0.3, 0.4) is 0 Å². The first kappa shape index (κ1) is 13.5. The third kappa shape index (κ3) is 2.76. The number of rotatable bonds is 5. The maximum absolute atomic E-state index is 14.0. The predicted octanol–water partition coefficient (Wildman–Crippen LogP) is 1.71. The summed E-state index contributed by atoms with van der Waals surface area (Å²) < 4.78 is 17.2. The Kier molecular flexibility index (Phi) is 4.16. The second-order valence-electron chi connectivity index (χ2n) is 4.50. The molecule has 0 amide bonds. The van der Waals surface area contributed by atoms with Crippen molar-refractivity contribution in [2.24, 2.45) is 5.73 Å². The number of halogens is 1. The molecule has 0 saturated carbocycles. The highest BCUT2D eigenvalue weighted by Crippen LogP contribution is 2.13. The summed E-state index contributed by atoms with van der Waals surface area (Å²) in [5.74, 6) is -0.319. The van der Waals surface area contributed by atoms with Crippen LogP contribution in [0.2, 0.25) is 0 Å². The first-order valence-electron chi connectivity index (χ1n) is 6.39. The lowest BCUT2D eigenvalue weighted by Crippen LogP contribution is -2.24. The molecule has 0 aliphatic rings. The van der Waals surface area contributed by atoms with Crippen LogP contribution in [0, 0.1) is 5.82 Å². The molecule has 0 saturated heterocycles. The Bertz CT molecular complexity index is 615. The Morgan fingerprint density at radius 3 is 2.58 bits per heavy atom. The number of benzene rings is 1. The van der Waals surface area contributed by atoms with E-state index < -0.39 is 0 Å². The minimum Gasteiger partial charge on any atom is -0.326 e. The van der Waals surface area contributed by atoms with E-state index in [9.17, 15) is 9.18 Å². The van der Waals surface area contributed by atoms with Crippen LogP contribution in [0.1, 0.15) is 24.5 Å². The van der Waals surface area contributed by atoms with Crippen molar-refractivity contribution in [1.29, 1.82) is 0 Å². The second-order valence-corrected chi connectivity index (χ2v) is 4.50. The number of hydrogen-bond donors (Lipinski definition) is 1. The van der Waals surface area contributed by atoms with Gasteiger partial charge in [-0.05, 0) is 6.42 Å². The Balaban J connectivity index is 2.29. The van der Waals surface area contributed by atoms with Crippen LogP contribution in [-0.4, -0.2) is 9.13 Å². The van der Waals surface area contributed by atoms with E-state index in [0.29, 0.717) is 17.7 Å². The predicted molar refractivity (Wildman–Crippen MR) is 72.4 cm³/mol. The molecule has 0 fully saturated rings. The quantitative estimate of drug-likeness (QED) is 0.892. The fourth-order valence-corrected chi connectivity index (χ4v) is 2.08. The van der Waals surface area contributed by atoms with Crippen molar-refractivity contribution in [3.8, 4) is 0 Å². The van der Waals surface area contributed by atoms with Crippen molar-refractivity contribution in [3.05, 3.63) is 58.0 Å². The van der Waals surface area contributed by atoms with E-state index in [2.05, 4.69) is 0 Å². The van der Waals surface area contributed by atoms with Crippen molar-refractivity contribution < 1.29 is 4.39 Å². The third-order valence-corrected chi connectivity index (χ3v) is 3.10. The molecule has 0 unspecified atom stereocenters. The number of aromatic nitrogens is 2. The second kappa shape index (κ2) is 5.84. The fourth-order valence-electron chi connectivity index (χ4n) is 2.08. The highest BCUT2D eigenvalue weighted by molar-refractivity contribution is 5.26. The van der Waals surface area contributed by atoms with Gasteiger partial charge in [0, 0.05) is 36.6 Å². The van der Waals surface area contributed by atoms with Gasteiger partial charge < -0.3 is 5.73 Å². The summed E-state index contributed by atoms with van der Waals surface area (Å²) in [5, 5.41) is 0. The minimum atomic E-state index is -0.319. The minimum absolute atomic E-state index is 0.112. The number of imidazole rings is 1. The average molecular weight is 263 g/mol. The fraction of sp³-hybridized carbons (Fsp3) is 0.357. The Labute approximate surface area is 111 Å². The Morgan fingerprint density at radius 1 is 1.21 bits per heavy atom. The summed E-state index contributed by atoms with van der Waals surface area (Å²) in [4.78, 5) is 12.0. The third-order valence-electron chi connectivity index (χ3n) is 3.10. The topological polar surface area (TPSA) is 52.9 Å². The standard InChI is InChI=1S/C14H18FN3O/c1-2-6-17-7-8-18(14(17)19)10-12-5-3-4-11(9-16)13(12)15/h3-5,7-8H,2,6,9-10,16H2,1H3. The van der Waals surface area contributed by atoms with Crippen LogP contribution < -0.4 is 11.4 Å². The maximum atomic E-state index is 14.0. The summed E-state index contributed by atoms with van der Waals surface area (Å²) in [7, 11) is 0. The molecular formula is C14H18FN3O. The Morgan fingerprint density at radius 2 is 1.89 bits per heavy atom. The lowest BCUT2D eigenvalue weighted by Gasteiger charge is -2.07. The molecule has 0 bridgehead atoms. The van der Waals surface area contributed by atoms with Gasteiger partial charge in [-0.25, -0.2) is 9.18 Å². The van der Waals surface area contributed by atoms with E-state index in [4.69, 9.17) is 5.73 Å². The van der Waals surface area contributed by atoms with Gasteiger partial charge in [-0.1, -0.05) is 25.1 Å². The molecule has 1 heterocycles. The van der Waals surface area contributed by atoms with Crippen LogP contribution in [0.4, 0.5) is 4.39 Å². The van der Waals surface area contributed by atoms with E-state index in [1.54, 1.807) is 35.2 Å². The van der Waals surface area contributed by atoms with Crippen molar-refractivity contribution in [2.45, 2.75) is 33.0 Å². The normalized spacial score (nSPS) is 10.9. The molecule has 2 aromatic rings. The van der Waals surface area contributed by atoms with E-state index in [-0.39, 0.29) is 24.6 Å². The molecule has 1 aromatic heterocycles. The zero-order chi connectivity index (χ0) is 13.8. The van der Waals surface area contributed by atoms with Crippen molar-refractivity contribution in [2.75, 3.05) is 0 Å². The molecule has 2 rings (SSSR count). The summed E-state index contributed by atoms with van der Waals surface area (Å²) in [6.45, 7) is 3.08. The van der Waals surface area contributed by atoms with Gasteiger partial charge in [0.25, 0.3) is 0 Å². The van der Waals surface area contributed by atoms with Crippen LogP contribution in [-0.2, 0) is 19.6 Å². The smallest absolute Gasteiger partial charge is 0.326 e. The summed E-state index contributed by atoms with van der Waals surface area (Å²) in [6.07, 6.45) is 4.31. The molecule has 0 radical (unpaired) electrons. The van der Waals surface area contributed by atoms with E-state index in [1.165, 1.54) is 4.57 Å². The first-order valence-corrected chi connectivity index (χ1v) is 6.39. The number of aryl methyl sites for hydroxylation is 1. The lowest BCUT2D eigenvalue weighted by molar-refractivity contribution is 0.574. The zero-order valence-electron chi connectivity index (χ0n) is 11.0. The van der Waals surface area contributed by atoms with Gasteiger partial charge in [-0.3, -0.25) is 9.13 Å².